The Labute approximate surface area is 210 Å². The van der Waals surface area contributed by atoms with Crippen LogP contribution in [0.5, 0.6) is 5.75 Å². The number of fused-ring (bicyclic) bond motifs is 3. The van der Waals surface area contributed by atoms with Crippen LogP contribution in [0.3, 0.4) is 0 Å². The first-order chi connectivity index (χ1) is 16.8. The van der Waals surface area contributed by atoms with Crippen LogP contribution in [0.4, 0.5) is 0 Å². The molecule has 1 aliphatic rings. The molecular weight excluding hydrogens is 486 g/mol. The highest BCUT2D eigenvalue weighted by Gasteiger charge is 2.28. The molecule has 9 heteroatoms. The van der Waals surface area contributed by atoms with E-state index in [2.05, 4.69) is 0 Å². The first-order valence-corrected chi connectivity index (χ1v) is 12.4. The van der Waals surface area contributed by atoms with E-state index in [1.54, 1.807) is 48.6 Å². The van der Waals surface area contributed by atoms with Crippen LogP contribution in [-0.2, 0) is 24.3 Å². The molecular formula is C26H24ClN3O4S. The molecule has 0 saturated carbocycles. The smallest absolute Gasteiger partial charge is 0.337 e. The molecule has 0 fully saturated rings. The minimum Gasteiger partial charge on any atom is -0.497 e. The molecule has 2 aromatic heterocycles. The summed E-state index contributed by atoms with van der Waals surface area (Å²) in [6, 6.07) is 12.7. The lowest BCUT2D eigenvalue weighted by molar-refractivity contribution is -0.129. The van der Waals surface area contributed by atoms with Gasteiger partial charge in [-0.2, -0.15) is 0 Å². The van der Waals surface area contributed by atoms with E-state index >= 15 is 0 Å². The van der Waals surface area contributed by atoms with Crippen molar-refractivity contribution in [1.29, 1.82) is 0 Å². The molecule has 0 aliphatic carbocycles. The van der Waals surface area contributed by atoms with Gasteiger partial charge in [0.1, 0.15) is 10.6 Å². The summed E-state index contributed by atoms with van der Waals surface area (Å²) in [4.78, 5) is 43.1. The average molecular weight is 510 g/mol. The van der Waals surface area contributed by atoms with Crippen molar-refractivity contribution < 1.29 is 9.53 Å². The fourth-order valence-electron chi connectivity index (χ4n) is 4.58. The summed E-state index contributed by atoms with van der Waals surface area (Å²) >= 11 is 7.77. The molecule has 180 valence electrons. The van der Waals surface area contributed by atoms with Crippen LogP contribution in [0.25, 0.3) is 15.9 Å². The van der Waals surface area contributed by atoms with E-state index in [0.717, 1.165) is 21.8 Å². The third kappa shape index (κ3) is 3.96. The fourth-order valence-corrected chi connectivity index (χ4v) is 6.09. The number of amides is 1. The first kappa shape index (κ1) is 23.4. The number of hydrogen-bond acceptors (Lipinski definition) is 5. The highest BCUT2D eigenvalue weighted by atomic mass is 35.5. The van der Waals surface area contributed by atoms with Crippen molar-refractivity contribution in [2.75, 3.05) is 13.7 Å². The lowest BCUT2D eigenvalue weighted by Gasteiger charge is -2.25. The van der Waals surface area contributed by atoms with Gasteiger partial charge in [0.2, 0.25) is 5.91 Å². The van der Waals surface area contributed by atoms with Crippen molar-refractivity contribution in [1.82, 2.24) is 14.0 Å². The van der Waals surface area contributed by atoms with Crippen molar-refractivity contribution in [3.63, 3.8) is 0 Å². The number of halogens is 1. The van der Waals surface area contributed by atoms with Crippen molar-refractivity contribution in [3.8, 4) is 11.4 Å². The number of carbonyl (C=O) groups is 1. The van der Waals surface area contributed by atoms with Crippen LogP contribution >= 0.6 is 22.9 Å². The number of benzene rings is 2. The Morgan fingerprint density at radius 1 is 1.14 bits per heavy atom. The first-order valence-electron chi connectivity index (χ1n) is 11.2. The standard InChI is InChI=1S/C26H24ClN3O4S/c1-15-20(27)5-4-6-21(15)30-24(32)23-19-11-12-28(16(2)31)14-22(19)35-25(23)29(26(30)33)13-17-7-9-18(34-3)10-8-17/h4-10H,11-14H2,1-3H3. The normalized spacial score (nSPS) is 13.2. The summed E-state index contributed by atoms with van der Waals surface area (Å²) in [7, 11) is 1.60. The third-order valence-electron chi connectivity index (χ3n) is 6.55. The molecule has 0 saturated heterocycles. The minimum atomic E-state index is -0.425. The predicted molar refractivity (Wildman–Crippen MR) is 138 cm³/mol. The van der Waals surface area contributed by atoms with Gasteiger partial charge in [0.05, 0.1) is 31.3 Å². The van der Waals surface area contributed by atoms with Crippen LogP contribution in [0.15, 0.2) is 52.1 Å². The number of methoxy groups -OCH3 is 1. The van der Waals surface area contributed by atoms with Crippen molar-refractivity contribution >= 4 is 39.1 Å². The van der Waals surface area contributed by atoms with Crippen LogP contribution < -0.4 is 16.0 Å². The van der Waals surface area contributed by atoms with E-state index in [4.69, 9.17) is 16.3 Å². The number of rotatable bonds is 4. The summed E-state index contributed by atoms with van der Waals surface area (Å²) in [5.41, 5.74) is 2.18. The topological polar surface area (TPSA) is 73.5 Å². The lowest BCUT2D eigenvalue weighted by atomic mass is 10.1. The maximum Gasteiger partial charge on any atom is 0.337 e. The van der Waals surface area contributed by atoms with Gasteiger partial charge in [-0.05, 0) is 54.3 Å². The molecule has 0 spiro atoms. The van der Waals surface area contributed by atoms with E-state index in [9.17, 15) is 14.4 Å². The molecule has 0 N–H and O–H groups in total. The van der Waals surface area contributed by atoms with Crippen LogP contribution in [0, 0.1) is 6.92 Å². The molecule has 1 aliphatic heterocycles. The molecule has 0 atom stereocenters. The summed E-state index contributed by atoms with van der Waals surface area (Å²) in [5, 5.41) is 1.03. The summed E-state index contributed by atoms with van der Waals surface area (Å²) in [5.74, 6) is 0.720. The Morgan fingerprint density at radius 3 is 2.57 bits per heavy atom. The second kappa shape index (κ2) is 9.02. The molecule has 0 bridgehead atoms. The van der Waals surface area contributed by atoms with E-state index < -0.39 is 5.69 Å². The molecule has 0 radical (unpaired) electrons. The predicted octanol–water partition coefficient (Wildman–Crippen LogP) is 4.14. The zero-order chi connectivity index (χ0) is 24.9. The molecule has 3 heterocycles. The number of aromatic nitrogens is 2. The maximum absolute atomic E-state index is 13.9. The highest BCUT2D eigenvalue weighted by molar-refractivity contribution is 7.18. The molecule has 5 rings (SSSR count). The number of nitrogens with zero attached hydrogens (tertiary/aromatic N) is 3. The molecule has 35 heavy (non-hydrogen) atoms. The van der Waals surface area contributed by atoms with Gasteiger partial charge < -0.3 is 9.64 Å². The van der Waals surface area contributed by atoms with Crippen molar-refractivity contribution in [2.24, 2.45) is 0 Å². The Morgan fingerprint density at radius 2 is 1.89 bits per heavy atom. The Bertz CT molecular complexity index is 1580. The number of thiophene rings is 1. The van der Waals surface area contributed by atoms with Crippen molar-refractivity contribution in [3.05, 3.63) is 89.9 Å². The van der Waals surface area contributed by atoms with Crippen LogP contribution in [-0.4, -0.2) is 33.6 Å². The third-order valence-corrected chi connectivity index (χ3v) is 8.20. The van der Waals surface area contributed by atoms with Gasteiger partial charge in [-0.15, -0.1) is 11.3 Å². The van der Waals surface area contributed by atoms with Crippen LogP contribution in [0.1, 0.15) is 28.5 Å². The van der Waals surface area contributed by atoms with E-state index in [1.807, 2.05) is 24.3 Å². The van der Waals surface area contributed by atoms with Gasteiger partial charge in [0.15, 0.2) is 0 Å². The van der Waals surface area contributed by atoms with Gasteiger partial charge in [-0.25, -0.2) is 9.36 Å². The quantitative estimate of drug-likeness (QED) is 0.414. The summed E-state index contributed by atoms with van der Waals surface area (Å²) in [6.45, 7) is 4.62. The van der Waals surface area contributed by atoms with E-state index in [1.165, 1.54) is 15.9 Å². The monoisotopic (exact) mass is 509 g/mol. The summed E-state index contributed by atoms with van der Waals surface area (Å²) < 4.78 is 8.14. The Balaban J connectivity index is 1.79. The molecule has 2 aromatic carbocycles. The molecule has 7 nitrogen and oxygen atoms in total. The zero-order valence-corrected chi connectivity index (χ0v) is 21.2. The largest absolute Gasteiger partial charge is 0.497 e. The number of ether oxygens (including phenoxy) is 1. The SMILES string of the molecule is COc1ccc(Cn2c(=O)n(-c3cccc(Cl)c3C)c(=O)c3c4c(sc32)CN(C(C)=O)CC4)cc1. The van der Waals surface area contributed by atoms with Gasteiger partial charge in [0, 0.05) is 23.4 Å². The van der Waals surface area contributed by atoms with E-state index in [-0.39, 0.29) is 18.0 Å². The van der Waals surface area contributed by atoms with Gasteiger partial charge in [-0.3, -0.25) is 14.2 Å². The van der Waals surface area contributed by atoms with Gasteiger partial charge in [0.25, 0.3) is 5.56 Å². The minimum absolute atomic E-state index is 0.00399. The van der Waals surface area contributed by atoms with Crippen molar-refractivity contribution in [2.45, 2.75) is 33.4 Å². The Kier molecular flexibility index (Phi) is 6.02. The average Bonchev–Trinajstić information content (AvgIpc) is 3.23. The molecule has 4 aromatic rings. The van der Waals surface area contributed by atoms with Gasteiger partial charge in [-0.1, -0.05) is 29.8 Å². The highest BCUT2D eigenvalue weighted by Crippen LogP contribution is 2.34. The summed E-state index contributed by atoms with van der Waals surface area (Å²) in [6.07, 6.45) is 0.569. The van der Waals surface area contributed by atoms with E-state index in [0.29, 0.717) is 46.0 Å². The zero-order valence-electron chi connectivity index (χ0n) is 19.6. The van der Waals surface area contributed by atoms with Crippen LogP contribution in [0.2, 0.25) is 5.02 Å². The second-order valence-corrected chi connectivity index (χ2v) is 10.1. The Hall–Kier alpha value is -3.36. The lowest BCUT2D eigenvalue weighted by Crippen LogP contribution is -2.39. The molecule has 1 amide bonds. The maximum atomic E-state index is 13.9. The molecule has 0 unspecified atom stereocenters. The fraction of sp³-hybridized carbons (Fsp3) is 0.269. The number of hydrogen-bond donors (Lipinski definition) is 0. The second-order valence-electron chi connectivity index (χ2n) is 8.62. The number of carbonyl (C=O) groups excluding carboxylic acids is 1. The van der Waals surface area contributed by atoms with Gasteiger partial charge >= 0.3 is 5.69 Å².